The number of hydrogen-bond donors (Lipinski definition) is 0. The number of hydrogen-bond acceptors (Lipinski definition) is 5. The fraction of sp³-hybridized carbons (Fsp3) is 0.294. The topological polar surface area (TPSA) is 58.5 Å². The Labute approximate surface area is 150 Å². The minimum Gasteiger partial charge on any atom is -0.286 e. The molecule has 1 amide bonds. The number of benzene rings is 1. The normalized spacial score (nSPS) is 16.5. The molecule has 3 rings (SSSR count). The van der Waals surface area contributed by atoms with Crippen LogP contribution in [0, 0.1) is 13.8 Å². The summed E-state index contributed by atoms with van der Waals surface area (Å²) in [6.45, 7) is 4.41. The van der Waals surface area contributed by atoms with Crippen molar-refractivity contribution < 1.29 is 4.79 Å². The van der Waals surface area contributed by atoms with Crippen LogP contribution in [0.25, 0.3) is 0 Å². The zero-order valence-electron chi connectivity index (χ0n) is 13.5. The number of carbonyl (C=O) groups excluding carboxylic acids is 1. The molecular formula is C17H17ClN4OS. The first-order valence-electron chi connectivity index (χ1n) is 7.63. The van der Waals surface area contributed by atoms with E-state index < -0.39 is 0 Å². The molecule has 0 atom stereocenters. The predicted molar refractivity (Wildman–Crippen MR) is 98.2 cm³/mol. The van der Waals surface area contributed by atoms with Gasteiger partial charge in [0.15, 0.2) is 5.17 Å². The molecule has 0 saturated carbocycles. The second-order valence-corrected chi connectivity index (χ2v) is 7.00. The Kier molecular flexibility index (Phi) is 5.16. The number of aryl methyl sites for hydroxylation is 2. The van der Waals surface area contributed by atoms with Crippen LogP contribution in [0.3, 0.4) is 0 Å². The molecule has 0 unspecified atom stereocenters. The van der Waals surface area contributed by atoms with E-state index in [0.717, 1.165) is 29.1 Å². The molecule has 24 heavy (non-hydrogen) atoms. The molecule has 0 radical (unpaired) electrons. The van der Waals surface area contributed by atoms with Crippen molar-refractivity contribution in [1.29, 1.82) is 0 Å². The highest BCUT2D eigenvalue weighted by Gasteiger charge is 2.26. The van der Waals surface area contributed by atoms with Crippen molar-refractivity contribution in [1.82, 2.24) is 14.9 Å². The van der Waals surface area contributed by atoms with Gasteiger partial charge in [-0.1, -0.05) is 29.4 Å². The minimum absolute atomic E-state index is 0.174. The summed E-state index contributed by atoms with van der Waals surface area (Å²) in [5.41, 5.74) is 2.85. The van der Waals surface area contributed by atoms with Crippen molar-refractivity contribution in [2.24, 2.45) is 4.99 Å². The van der Waals surface area contributed by atoms with Crippen molar-refractivity contribution in [2.75, 3.05) is 12.3 Å². The van der Waals surface area contributed by atoms with Gasteiger partial charge >= 0.3 is 0 Å². The van der Waals surface area contributed by atoms with Crippen LogP contribution < -0.4 is 0 Å². The Morgan fingerprint density at radius 2 is 2.12 bits per heavy atom. The number of halogens is 1. The van der Waals surface area contributed by atoms with E-state index in [0.29, 0.717) is 22.4 Å². The molecule has 7 heteroatoms. The number of carbonyl (C=O) groups is 1. The van der Waals surface area contributed by atoms with E-state index in [-0.39, 0.29) is 5.91 Å². The summed E-state index contributed by atoms with van der Waals surface area (Å²) in [6.07, 6.45) is 4.03. The monoisotopic (exact) mass is 360 g/mol. The number of amides is 1. The first-order chi connectivity index (χ1) is 11.5. The summed E-state index contributed by atoms with van der Waals surface area (Å²) in [5.74, 6) is 0.758. The van der Waals surface area contributed by atoms with E-state index in [1.807, 2.05) is 32.0 Å². The number of rotatable bonds is 2. The Morgan fingerprint density at radius 3 is 2.83 bits per heavy atom. The zero-order chi connectivity index (χ0) is 17.1. The second-order valence-electron chi connectivity index (χ2n) is 5.53. The number of nitrogens with zero attached hydrogens (tertiary/aromatic N) is 4. The maximum atomic E-state index is 12.7. The number of aromatic nitrogens is 2. The third-order valence-corrected chi connectivity index (χ3v) is 5.08. The quantitative estimate of drug-likeness (QED) is 0.811. The van der Waals surface area contributed by atoms with E-state index in [4.69, 9.17) is 11.6 Å². The Bertz CT molecular complexity index is 792. The zero-order valence-corrected chi connectivity index (χ0v) is 15.1. The molecule has 1 saturated heterocycles. The minimum atomic E-state index is -0.174. The average molecular weight is 361 g/mol. The van der Waals surface area contributed by atoms with Crippen LogP contribution in [0.5, 0.6) is 0 Å². The predicted octanol–water partition coefficient (Wildman–Crippen LogP) is 4.01. The summed E-state index contributed by atoms with van der Waals surface area (Å²) in [7, 11) is 0. The van der Waals surface area contributed by atoms with Crippen LogP contribution in [0.15, 0.2) is 35.6 Å². The van der Waals surface area contributed by atoms with E-state index in [9.17, 15) is 4.79 Å². The molecule has 1 aliphatic rings. The standard InChI is InChI=1S/C17H17ClN4OS/c1-11-4-5-13(8-14(11)18)21-17-22(6-3-7-24-17)16(23)15-10-19-12(2)9-20-15/h4-5,8-10H,3,6-7H2,1-2H3. The maximum absolute atomic E-state index is 12.7. The number of aliphatic imine (C=N–C) groups is 1. The van der Waals surface area contributed by atoms with Gasteiger partial charge in [0.1, 0.15) is 5.69 Å². The highest BCUT2D eigenvalue weighted by Crippen LogP contribution is 2.26. The fourth-order valence-corrected chi connectivity index (χ4v) is 3.37. The van der Waals surface area contributed by atoms with Crippen LogP contribution in [0.4, 0.5) is 5.69 Å². The van der Waals surface area contributed by atoms with Gasteiger partial charge in [0.25, 0.3) is 5.91 Å². The van der Waals surface area contributed by atoms with E-state index in [1.165, 1.54) is 6.20 Å². The molecule has 1 aromatic heterocycles. The van der Waals surface area contributed by atoms with Gasteiger partial charge in [-0.3, -0.25) is 14.7 Å². The average Bonchev–Trinajstić information content (AvgIpc) is 2.59. The maximum Gasteiger partial charge on any atom is 0.280 e. The summed E-state index contributed by atoms with van der Waals surface area (Å²) >= 11 is 7.73. The van der Waals surface area contributed by atoms with Gasteiger partial charge in [-0.05, 0) is 38.0 Å². The highest BCUT2D eigenvalue weighted by atomic mass is 35.5. The molecule has 2 aromatic rings. The molecule has 1 fully saturated rings. The fourth-order valence-electron chi connectivity index (χ4n) is 2.24. The molecule has 1 aromatic carbocycles. The Balaban J connectivity index is 1.90. The van der Waals surface area contributed by atoms with Gasteiger partial charge in [0.2, 0.25) is 0 Å². The third-order valence-electron chi connectivity index (χ3n) is 3.61. The molecule has 0 N–H and O–H groups in total. The number of amidine groups is 1. The smallest absolute Gasteiger partial charge is 0.280 e. The molecule has 5 nitrogen and oxygen atoms in total. The van der Waals surface area contributed by atoms with E-state index in [2.05, 4.69) is 15.0 Å². The van der Waals surface area contributed by atoms with Crippen molar-refractivity contribution >= 4 is 40.1 Å². The summed E-state index contributed by atoms with van der Waals surface area (Å²) in [4.78, 5) is 27.4. The van der Waals surface area contributed by atoms with Crippen molar-refractivity contribution in [3.63, 3.8) is 0 Å². The van der Waals surface area contributed by atoms with Gasteiger partial charge in [-0.2, -0.15) is 0 Å². The van der Waals surface area contributed by atoms with E-state index >= 15 is 0 Å². The Hall–Kier alpha value is -1.92. The van der Waals surface area contributed by atoms with Gasteiger partial charge in [0.05, 0.1) is 17.6 Å². The molecule has 0 aliphatic carbocycles. The van der Waals surface area contributed by atoms with Crippen LogP contribution >= 0.6 is 23.4 Å². The van der Waals surface area contributed by atoms with Crippen molar-refractivity contribution in [3.05, 3.63) is 52.6 Å². The highest BCUT2D eigenvalue weighted by molar-refractivity contribution is 8.13. The van der Waals surface area contributed by atoms with Gasteiger partial charge in [-0.15, -0.1) is 0 Å². The van der Waals surface area contributed by atoms with Crippen molar-refractivity contribution in [3.8, 4) is 0 Å². The first kappa shape index (κ1) is 16.9. The van der Waals surface area contributed by atoms with Crippen LogP contribution in [0.1, 0.15) is 28.2 Å². The summed E-state index contributed by atoms with van der Waals surface area (Å²) in [6, 6.07) is 5.64. The molecule has 0 spiro atoms. The first-order valence-corrected chi connectivity index (χ1v) is 8.99. The lowest BCUT2D eigenvalue weighted by atomic mass is 10.2. The van der Waals surface area contributed by atoms with Gasteiger partial charge in [0, 0.05) is 23.5 Å². The lowest BCUT2D eigenvalue weighted by Gasteiger charge is -2.27. The molecule has 124 valence electrons. The van der Waals surface area contributed by atoms with Crippen LogP contribution in [0.2, 0.25) is 5.02 Å². The second kappa shape index (κ2) is 7.32. The molecule has 1 aliphatic heterocycles. The third kappa shape index (κ3) is 3.76. The van der Waals surface area contributed by atoms with E-state index in [1.54, 1.807) is 22.9 Å². The lowest BCUT2D eigenvalue weighted by molar-refractivity contribution is 0.0843. The largest absolute Gasteiger partial charge is 0.286 e. The van der Waals surface area contributed by atoms with Crippen LogP contribution in [-0.2, 0) is 0 Å². The van der Waals surface area contributed by atoms with Crippen LogP contribution in [-0.4, -0.2) is 38.2 Å². The SMILES string of the molecule is Cc1cnc(C(=O)N2CCCSC2=Nc2ccc(C)c(Cl)c2)cn1. The molecule has 0 bridgehead atoms. The molecular weight excluding hydrogens is 344 g/mol. The lowest BCUT2D eigenvalue weighted by Crippen LogP contribution is -2.39. The van der Waals surface area contributed by atoms with Gasteiger partial charge in [-0.25, -0.2) is 9.98 Å². The Morgan fingerprint density at radius 1 is 1.29 bits per heavy atom. The summed E-state index contributed by atoms with van der Waals surface area (Å²) < 4.78 is 0. The molecule has 2 heterocycles. The van der Waals surface area contributed by atoms with Crippen molar-refractivity contribution in [2.45, 2.75) is 20.3 Å². The number of thioether (sulfide) groups is 1. The summed E-state index contributed by atoms with van der Waals surface area (Å²) in [5, 5.41) is 1.34. The van der Waals surface area contributed by atoms with Gasteiger partial charge < -0.3 is 0 Å².